The lowest BCUT2D eigenvalue weighted by Gasteiger charge is -2.22. The lowest BCUT2D eigenvalue weighted by molar-refractivity contribution is -0.116. The number of para-hydroxylation sites is 1. The number of pyridine rings is 1. The fraction of sp³-hybridized carbons (Fsp3) is 0.333. The average Bonchev–Trinajstić information content (AvgIpc) is 2.65. The highest BCUT2D eigenvalue weighted by Crippen LogP contribution is 2.37. The number of anilines is 2. The first-order valence-electron chi connectivity index (χ1n) is 7.67. The van der Waals surface area contributed by atoms with Crippen LogP contribution in [0.15, 0.2) is 36.5 Å². The number of hydrogen-bond donors (Lipinski definition) is 2. The molecule has 0 bridgehead atoms. The van der Waals surface area contributed by atoms with Crippen molar-refractivity contribution in [2.75, 3.05) is 10.6 Å². The van der Waals surface area contributed by atoms with Crippen LogP contribution >= 0.6 is 0 Å². The molecule has 1 amide bonds. The summed E-state index contributed by atoms with van der Waals surface area (Å²) in [6.45, 7) is 6.25. The summed E-state index contributed by atoms with van der Waals surface area (Å²) in [7, 11) is 0. The van der Waals surface area contributed by atoms with E-state index in [-0.39, 0.29) is 11.9 Å². The Hall–Kier alpha value is -2.36. The van der Waals surface area contributed by atoms with Gasteiger partial charge in [-0.3, -0.25) is 9.78 Å². The number of benzene rings is 1. The van der Waals surface area contributed by atoms with Crippen molar-refractivity contribution in [3.63, 3.8) is 0 Å². The van der Waals surface area contributed by atoms with Crippen LogP contribution in [0.25, 0.3) is 11.1 Å². The zero-order valence-electron chi connectivity index (χ0n) is 13.2. The molecule has 1 aromatic carbocycles. The highest BCUT2D eigenvalue weighted by atomic mass is 16.1. The lowest BCUT2D eigenvalue weighted by atomic mass is 9.99. The molecule has 1 unspecified atom stereocenters. The highest BCUT2D eigenvalue weighted by Gasteiger charge is 2.24. The third-order valence-electron chi connectivity index (χ3n) is 4.09. The maximum atomic E-state index is 12.1. The second kappa shape index (κ2) is 5.79. The van der Waals surface area contributed by atoms with E-state index in [1.165, 1.54) is 0 Å². The number of aromatic nitrogens is 1. The van der Waals surface area contributed by atoms with Crippen LogP contribution in [0.5, 0.6) is 0 Å². The number of nitrogens with one attached hydrogen (secondary N) is 2. The van der Waals surface area contributed by atoms with Crippen molar-refractivity contribution in [3.8, 4) is 11.1 Å². The predicted molar refractivity (Wildman–Crippen MR) is 89.9 cm³/mol. The normalized spacial score (nSPS) is 17.5. The van der Waals surface area contributed by atoms with Gasteiger partial charge in [-0.2, -0.15) is 0 Å². The van der Waals surface area contributed by atoms with Gasteiger partial charge in [0.15, 0.2) is 0 Å². The van der Waals surface area contributed by atoms with E-state index in [0.717, 1.165) is 28.2 Å². The SMILES string of the molecule is Cc1cc(-c2cccc3c2NC(C(C)C)CC(=O)N3)ccn1. The summed E-state index contributed by atoms with van der Waals surface area (Å²) >= 11 is 0. The van der Waals surface area contributed by atoms with Gasteiger partial charge >= 0.3 is 0 Å². The Kier molecular flexibility index (Phi) is 3.84. The summed E-state index contributed by atoms with van der Waals surface area (Å²) in [5.74, 6) is 0.442. The molecule has 22 heavy (non-hydrogen) atoms. The summed E-state index contributed by atoms with van der Waals surface area (Å²) in [5, 5.41) is 6.59. The second-order valence-electron chi connectivity index (χ2n) is 6.16. The maximum absolute atomic E-state index is 12.1. The number of amides is 1. The molecule has 0 saturated carbocycles. The van der Waals surface area contributed by atoms with Crippen molar-refractivity contribution in [1.82, 2.24) is 4.98 Å². The molecule has 1 aliphatic rings. The van der Waals surface area contributed by atoms with Crippen molar-refractivity contribution in [3.05, 3.63) is 42.2 Å². The first-order chi connectivity index (χ1) is 10.5. The van der Waals surface area contributed by atoms with Crippen molar-refractivity contribution < 1.29 is 4.79 Å². The van der Waals surface area contributed by atoms with E-state index in [9.17, 15) is 4.79 Å². The van der Waals surface area contributed by atoms with Crippen molar-refractivity contribution in [1.29, 1.82) is 0 Å². The van der Waals surface area contributed by atoms with Gasteiger partial charge in [-0.05, 0) is 36.6 Å². The molecule has 2 heterocycles. The van der Waals surface area contributed by atoms with E-state index < -0.39 is 0 Å². The largest absolute Gasteiger partial charge is 0.379 e. The van der Waals surface area contributed by atoms with Crippen molar-refractivity contribution in [2.24, 2.45) is 5.92 Å². The molecule has 4 nitrogen and oxygen atoms in total. The molecule has 0 saturated heterocycles. The summed E-state index contributed by atoms with van der Waals surface area (Å²) in [6, 6.07) is 10.2. The molecular weight excluding hydrogens is 274 g/mol. The first-order valence-corrected chi connectivity index (χ1v) is 7.67. The van der Waals surface area contributed by atoms with Gasteiger partial charge in [0, 0.05) is 29.9 Å². The molecular formula is C18H21N3O. The molecule has 0 spiro atoms. The molecule has 0 aliphatic carbocycles. The molecule has 0 radical (unpaired) electrons. The van der Waals surface area contributed by atoms with E-state index in [4.69, 9.17) is 0 Å². The zero-order chi connectivity index (χ0) is 15.7. The van der Waals surface area contributed by atoms with Gasteiger partial charge in [-0.15, -0.1) is 0 Å². The van der Waals surface area contributed by atoms with E-state index in [0.29, 0.717) is 12.3 Å². The molecule has 114 valence electrons. The zero-order valence-corrected chi connectivity index (χ0v) is 13.2. The van der Waals surface area contributed by atoms with E-state index in [1.54, 1.807) is 0 Å². The Morgan fingerprint density at radius 2 is 2.09 bits per heavy atom. The van der Waals surface area contributed by atoms with Gasteiger partial charge < -0.3 is 10.6 Å². The molecule has 0 fully saturated rings. The van der Waals surface area contributed by atoms with Crippen LogP contribution in [0, 0.1) is 12.8 Å². The van der Waals surface area contributed by atoms with Gasteiger partial charge in [0.2, 0.25) is 5.91 Å². The average molecular weight is 295 g/mol. The van der Waals surface area contributed by atoms with Gasteiger partial charge in [-0.25, -0.2) is 0 Å². The molecule has 1 aromatic heterocycles. The molecule has 2 aromatic rings. The van der Waals surface area contributed by atoms with E-state index in [2.05, 4.69) is 41.6 Å². The lowest BCUT2D eigenvalue weighted by Crippen LogP contribution is -2.28. The van der Waals surface area contributed by atoms with Crippen molar-refractivity contribution >= 4 is 17.3 Å². The highest BCUT2D eigenvalue weighted by molar-refractivity contribution is 6.00. The third kappa shape index (κ3) is 2.82. The van der Waals surface area contributed by atoms with Gasteiger partial charge in [-0.1, -0.05) is 26.0 Å². The molecule has 1 atom stereocenters. The molecule has 2 N–H and O–H groups in total. The molecule has 4 heteroatoms. The standard InChI is InChI=1S/C18H21N3O/c1-11(2)16-10-17(22)20-15-6-4-5-14(18(15)21-16)13-7-8-19-12(3)9-13/h4-9,11,16,21H,10H2,1-3H3,(H,20,22). The first kappa shape index (κ1) is 14.6. The molecule has 1 aliphatic heterocycles. The smallest absolute Gasteiger partial charge is 0.226 e. The number of fused-ring (bicyclic) bond motifs is 1. The minimum Gasteiger partial charge on any atom is -0.379 e. The Bertz CT molecular complexity index is 709. The van der Waals surface area contributed by atoms with Gasteiger partial charge in [0.1, 0.15) is 0 Å². The predicted octanol–water partition coefficient (Wildman–Crippen LogP) is 3.84. The number of hydrogen-bond acceptors (Lipinski definition) is 3. The second-order valence-corrected chi connectivity index (χ2v) is 6.16. The Balaban J connectivity index is 2.11. The Labute approximate surface area is 131 Å². The van der Waals surface area contributed by atoms with Crippen LogP contribution in [-0.4, -0.2) is 16.9 Å². The monoisotopic (exact) mass is 295 g/mol. The van der Waals surface area contributed by atoms with Crippen LogP contribution in [0.2, 0.25) is 0 Å². The summed E-state index contributed by atoms with van der Waals surface area (Å²) < 4.78 is 0. The van der Waals surface area contributed by atoms with Crippen LogP contribution < -0.4 is 10.6 Å². The van der Waals surface area contributed by atoms with Gasteiger partial charge in [0.05, 0.1) is 11.4 Å². The van der Waals surface area contributed by atoms with E-state index >= 15 is 0 Å². The number of carbonyl (C=O) groups excluding carboxylic acids is 1. The number of aryl methyl sites for hydroxylation is 1. The Morgan fingerprint density at radius 3 is 2.82 bits per heavy atom. The topological polar surface area (TPSA) is 54.0 Å². The van der Waals surface area contributed by atoms with Crippen LogP contribution in [-0.2, 0) is 4.79 Å². The maximum Gasteiger partial charge on any atom is 0.226 e. The van der Waals surface area contributed by atoms with Crippen LogP contribution in [0.3, 0.4) is 0 Å². The fourth-order valence-corrected chi connectivity index (χ4v) is 2.81. The number of rotatable bonds is 2. The summed E-state index contributed by atoms with van der Waals surface area (Å²) in [6.07, 6.45) is 2.31. The van der Waals surface area contributed by atoms with E-state index in [1.807, 2.05) is 31.3 Å². The number of nitrogens with zero attached hydrogens (tertiary/aromatic N) is 1. The van der Waals surface area contributed by atoms with Gasteiger partial charge in [0.25, 0.3) is 0 Å². The summed E-state index contributed by atoms with van der Waals surface area (Å²) in [4.78, 5) is 16.4. The van der Waals surface area contributed by atoms with Crippen molar-refractivity contribution in [2.45, 2.75) is 33.2 Å². The minimum absolute atomic E-state index is 0.0630. The van der Waals surface area contributed by atoms with Crippen LogP contribution in [0.4, 0.5) is 11.4 Å². The minimum atomic E-state index is 0.0630. The Morgan fingerprint density at radius 1 is 1.27 bits per heavy atom. The third-order valence-corrected chi connectivity index (χ3v) is 4.09. The number of carbonyl (C=O) groups is 1. The fourth-order valence-electron chi connectivity index (χ4n) is 2.81. The molecule has 3 rings (SSSR count). The summed E-state index contributed by atoms with van der Waals surface area (Å²) in [5.41, 5.74) is 5.03. The quantitative estimate of drug-likeness (QED) is 0.885. The van der Waals surface area contributed by atoms with Crippen LogP contribution in [0.1, 0.15) is 26.0 Å².